The molecule has 4 heteroatoms. The molecule has 12 heavy (non-hydrogen) atoms. The predicted molar refractivity (Wildman–Crippen MR) is 47.2 cm³/mol. The van der Waals surface area contributed by atoms with Crippen LogP contribution < -0.4 is 9.47 Å². The SMILES string of the molecule is COc1ccc(OC)c(Br)c1F. The van der Waals surface area contributed by atoms with Crippen LogP contribution in [0.1, 0.15) is 0 Å². The van der Waals surface area contributed by atoms with Gasteiger partial charge in [-0.2, -0.15) is 0 Å². The predicted octanol–water partition coefficient (Wildman–Crippen LogP) is 2.61. The zero-order chi connectivity index (χ0) is 9.14. The zero-order valence-corrected chi connectivity index (χ0v) is 8.31. The largest absolute Gasteiger partial charge is 0.495 e. The molecule has 0 bridgehead atoms. The van der Waals surface area contributed by atoms with Crippen LogP contribution in [-0.2, 0) is 0 Å². The van der Waals surface area contributed by atoms with Crippen molar-refractivity contribution in [2.24, 2.45) is 0 Å². The van der Waals surface area contributed by atoms with E-state index < -0.39 is 5.82 Å². The van der Waals surface area contributed by atoms with E-state index in [4.69, 9.17) is 9.47 Å². The Bertz CT molecular complexity index is 260. The van der Waals surface area contributed by atoms with Crippen molar-refractivity contribution in [3.05, 3.63) is 22.4 Å². The van der Waals surface area contributed by atoms with Gasteiger partial charge in [0, 0.05) is 0 Å². The molecule has 1 aromatic carbocycles. The molecular formula is C8H8BrFO2. The van der Waals surface area contributed by atoms with Crippen molar-refractivity contribution in [1.82, 2.24) is 0 Å². The minimum absolute atomic E-state index is 0.197. The molecule has 0 N–H and O–H groups in total. The number of rotatable bonds is 2. The Morgan fingerprint density at radius 2 is 1.67 bits per heavy atom. The first-order chi connectivity index (χ1) is 5.70. The lowest BCUT2D eigenvalue weighted by molar-refractivity contribution is 0.374. The lowest BCUT2D eigenvalue weighted by atomic mass is 10.3. The molecular weight excluding hydrogens is 227 g/mol. The minimum Gasteiger partial charge on any atom is -0.495 e. The number of hydrogen-bond donors (Lipinski definition) is 0. The average Bonchev–Trinajstić information content (AvgIpc) is 2.10. The van der Waals surface area contributed by atoms with E-state index in [1.165, 1.54) is 20.3 Å². The summed E-state index contributed by atoms with van der Waals surface area (Å²) in [6.07, 6.45) is 0. The molecule has 0 spiro atoms. The van der Waals surface area contributed by atoms with E-state index in [-0.39, 0.29) is 10.2 Å². The fourth-order valence-electron chi connectivity index (χ4n) is 0.829. The Labute approximate surface area is 78.4 Å². The fraction of sp³-hybridized carbons (Fsp3) is 0.250. The third kappa shape index (κ3) is 1.53. The number of hydrogen-bond acceptors (Lipinski definition) is 2. The lowest BCUT2D eigenvalue weighted by Crippen LogP contribution is -1.92. The highest BCUT2D eigenvalue weighted by atomic mass is 79.9. The van der Waals surface area contributed by atoms with Crippen LogP contribution in [0.4, 0.5) is 4.39 Å². The van der Waals surface area contributed by atoms with Crippen LogP contribution in [0.15, 0.2) is 16.6 Å². The van der Waals surface area contributed by atoms with Crippen LogP contribution in [-0.4, -0.2) is 14.2 Å². The smallest absolute Gasteiger partial charge is 0.182 e. The van der Waals surface area contributed by atoms with E-state index in [1.807, 2.05) is 0 Å². The molecule has 0 aliphatic carbocycles. The van der Waals surface area contributed by atoms with Crippen LogP contribution in [0.3, 0.4) is 0 Å². The van der Waals surface area contributed by atoms with Crippen LogP contribution in [0.25, 0.3) is 0 Å². The second kappa shape index (κ2) is 3.76. The Kier molecular flexibility index (Phi) is 2.92. The Morgan fingerprint density at radius 3 is 2.17 bits per heavy atom. The van der Waals surface area contributed by atoms with Gasteiger partial charge in [-0.3, -0.25) is 0 Å². The standard InChI is InChI=1S/C8H8BrFO2/c1-11-5-3-4-6(12-2)8(10)7(5)9/h3-4H,1-2H3. The molecule has 0 radical (unpaired) electrons. The van der Waals surface area contributed by atoms with Crippen molar-refractivity contribution in [3.63, 3.8) is 0 Å². The van der Waals surface area contributed by atoms with Crippen molar-refractivity contribution < 1.29 is 13.9 Å². The molecule has 1 rings (SSSR count). The highest BCUT2D eigenvalue weighted by Gasteiger charge is 2.11. The Balaban J connectivity index is 3.20. The monoisotopic (exact) mass is 234 g/mol. The van der Waals surface area contributed by atoms with Crippen molar-refractivity contribution in [2.75, 3.05) is 14.2 Å². The maximum atomic E-state index is 13.2. The van der Waals surface area contributed by atoms with Crippen molar-refractivity contribution in [2.45, 2.75) is 0 Å². The first kappa shape index (κ1) is 9.32. The van der Waals surface area contributed by atoms with Crippen molar-refractivity contribution in [1.29, 1.82) is 0 Å². The summed E-state index contributed by atoms with van der Waals surface area (Å²) in [5.74, 6) is 0.202. The van der Waals surface area contributed by atoms with E-state index in [2.05, 4.69) is 15.9 Å². The highest BCUT2D eigenvalue weighted by molar-refractivity contribution is 9.10. The zero-order valence-electron chi connectivity index (χ0n) is 6.73. The quantitative estimate of drug-likeness (QED) is 0.784. The summed E-state index contributed by atoms with van der Waals surface area (Å²) in [6, 6.07) is 3.14. The molecule has 0 atom stereocenters. The van der Waals surface area contributed by atoms with Crippen LogP contribution in [0.2, 0.25) is 0 Å². The van der Waals surface area contributed by atoms with E-state index in [0.29, 0.717) is 5.75 Å². The molecule has 2 nitrogen and oxygen atoms in total. The maximum Gasteiger partial charge on any atom is 0.182 e. The van der Waals surface area contributed by atoms with Gasteiger partial charge in [0.05, 0.1) is 18.7 Å². The van der Waals surface area contributed by atoms with E-state index in [1.54, 1.807) is 6.07 Å². The van der Waals surface area contributed by atoms with Gasteiger partial charge < -0.3 is 9.47 Å². The Hall–Kier alpha value is -0.770. The highest BCUT2D eigenvalue weighted by Crippen LogP contribution is 2.32. The first-order valence-corrected chi connectivity index (χ1v) is 4.06. The number of ether oxygens (including phenoxy) is 2. The molecule has 0 unspecified atom stereocenters. The topological polar surface area (TPSA) is 18.5 Å². The van der Waals surface area contributed by atoms with Gasteiger partial charge in [0.25, 0.3) is 0 Å². The average molecular weight is 235 g/mol. The van der Waals surface area contributed by atoms with Gasteiger partial charge in [-0.05, 0) is 28.1 Å². The molecule has 0 saturated carbocycles. The summed E-state index contributed by atoms with van der Waals surface area (Å²) in [5, 5.41) is 0. The van der Waals surface area contributed by atoms with E-state index in [9.17, 15) is 4.39 Å². The summed E-state index contributed by atoms with van der Waals surface area (Å²) in [5.41, 5.74) is 0. The van der Waals surface area contributed by atoms with E-state index in [0.717, 1.165) is 0 Å². The molecule has 1 aromatic rings. The molecule has 0 heterocycles. The van der Waals surface area contributed by atoms with Gasteiger partial charge >= 0.3 is 0 Å². The van der Waals surface area contributed by atoms with Gasteiger partial charge in [0.1, 0.15) is 5.75 Å². The maximum absolute atomic E-state index is 13.2. The van der Waals surface area contributed by atoms with Gasteiger partial charge in [-0.15, -0.1) is 0 Å². The minimum atomic E-state index is -0.447. The fourth-order valence-corrected chi connectivity index (χ4v) is 1.32. The van der Waals surface area contributed by atoms with Gasteiger partial charge in [-0.25, -0.2) is 4.39 Å². The molecule has 0 amide bonds. The summed E-state index contributed by atoms with van der Waals surface area (Å²) in [6.45, 7) is 0. The molecule has 0 fully saturated rings. The number of methoxy groups -OCH3 is 2. The van der Waals surface area contributed by atoms with Crippen LogP contribution >= 0.6 is 15.9 Å². The van der Waals surface area contributed by atoms with E-state index >= 15 is 0 Å². The van der Waals surface area contributed by atoms with Crippen molar-refractivity contribution in [3.8, 4) is 11.5 Å². The Morgan fingerprint density at radius 1 is 1.17 bits per heavy atom. The third-order valence-corrected chi connectivity index (χ3v) is 2.19. The van der Waals surface area contributed by atoms with Gasteiger partial charge in [0.15, 0.2) is 11.6 Å². The summed E-state index contributed by atoms with van der Waals surface area (Å²) < 4.78 is 23.1. The normalized spacial score (nSPS) is 9.67. The van der Waals surface area contributed by atoms with Crippen molar-refractivity contribution >= 4 is 15.9 Å². The number of halogens is 2. The van der Waals surface area contributed by atoms with Crippen LogP contribution in [0, 0.1) is 5.82 Å². The molecule has 0 saturated heterocycles. The number of benzene rings is 1. The summed E-state index contributed by atoms with van der Waals surface area (Å²) >= 11 is 3.05. The second-order valence-electron chi connectivity index (χ2n) is 2.10. The third-order valence-electron chi connectivity index (χ3n) is 1.45. The van der Waals surface area contributed by atoms with Gasteiger partial charge in [-0.1, -0.05) is 0 Å². The molecule has 66 valence electrons. The second-order valence-corrected chi connectivity index (χ2v) is 2.89. The molecule has 0 aliphatic rings. The molecule has 0 aromatic heterocycles. The summed E-state index contributed by atoms with van der Waals surface area (Å²) in [7, 11) is 2.89. The van der Waals surface area contributed by atoms with Crippen LogP contribution in [0.5, 0.6) is 11.5 Å². The molecule has 0 aliphatic heterocycles. The first-order valence-electron chi connectivity index (χ1n) is 3.26. The summed E-state index contributed by atoms with van der Waals surface area (Å²) in [4.78, 5) is 0. The van der Waals surface area contributed by atoms with Gasteiger partial charge in [0.2, 0.25) is 0 Å². The lowest BCUT2D eigenvalue weighted by Gasteiger charge is -2.06.